The summed E-state index contributed by atoms with van der Waals surface area (Å²) >= 11 is 5.83. The van der Waals surface area contributed by atoms with Gasteiger partial charge in [-0.25, -0.2) is 0 Å². The maximum absolute atomic E-state index is 11.6. The van der Waals surface area contributed by atoms with E-state index in [9.17, 15) is 4.79 Å². The Kier molecular flexibility index (Phi) is 6.16. The van der Waals surface area contributed by atoms with Gasteiger partial charge < -0.3 is 10.6 Å². The summed E-state index contributed by atoms with van der Waals surface area (Å²) in [5.74, 6) is 0.0326. The first-order valence-corrected chi connectivity index (χ1v) is 6.69. The summed E-state index contributed by atoms with van der Waals surface area (Å²) in [6, 6.07) is 8.00. The molecule has 100 valence electrons. The molecule has 0 spiro atoms. The van der Waals surface area contributed by atoms with Crippen LogP contribution < -0.4 is 10.6 Å². The van der Waals surface area contributed by atoms with Crippen LogP contribution in [-0.4, -0.2) is 18.5 Å². The fourth-order valence-electron chi connectivity index (χ4n) is 1.54. The van der Waals surface area contributed by atoms with Crippen molar-refractivity contribution in [3.8, 4) is 0 Å². The van der Waals surface area contributed by atoms with E-state index >= 15 is 0 Å². The maximum Gasteiger partial charge on any atom is 0.234 e. The van der Waals surface area contributed by atoms with Crippen molar-refractivity contribution in [2.75, 3.05) is 6.54 Å². The topological polar surface area (TPSA) is 41.1 Å². The largest absolute Gasteiger partial charge is 0.353 e. The van der Waals surface area contributed by atoms with E-state index in [0.29, 0.717) is 6.54 Å². The number of nitrogens with one attached hydrogen (secondary N) is 2. The Hall–Kier alpha value is -1.06. The molecule has 1 rings (SSSR count). The molecule has 2 atom stereocenters. The van der Waals surface area contributed by atoms with Gasteiger partial charge in [-0.3, -0.25) is 4.79 Å². The Morgan fingerprint density at radius 3 is 2.44 bits per heavy atom. The molecule has 1 aromatic carbocycles. The van der Waals surface area contributed by atoms with E-state index < -0.39 is 0 Å². The van der Waals surface area contributed by atoms with Crippen LogP contribution in [0, 0.1) is 0 Å². The molecule has 1 amide bonds. The zero-order valence-corrected chi connectivity index (χ0v) is 11.9. The van der Waals surface area contributed by atoms with Crippen LogP contribution in [0.1, 0.15) is 38.8 Å². The van der Waals surface area contributed by atoms with E-state index in [-0.39, 0.29) is 18.0 Å². The molecule has 3 nitrogen and oxygen atoms in total. The maximum atomic E-state index is 11.6. The average molecular weight is 269 g/mol. The first-order chi connectivity index (χ1) is 8.52. The Labute approximate surface area is 114 Å². The number of halogens is 1. The van der Waals surface area contributed by atoms with Crippen molar-refractivity contribution in [3.63, 3.8) is 0 Å². The zero-order valence-electron chi connectivity index (χ0n) is 11.2. The molecule has 2 N–H and O–H groups in total. The van der Waals surface area contributed by atoms with E-state index in [1.54, 1.807) is 0 Å². The van der Waals surface area contributed by atoms with Crippen LogP contribution in [0.2, 0.25) is 5.02 Å². The molecule has 0 aromatic heterocycles. The van der Waals surface area contributed by atoms with Crippen molar-refractivity contribution in [2.24, 2.45) is 0 Å². The van der Waals surface area contributed by atoms with Crippen LogP contribution in [0.3, 0.4) is 0 Å². The lowest BCUT2D eigenvalue weighted by Gasteiger charge is -2.16. The van der Waals surface area contributed by atoms with Crippen molar-refractivity contribution >= 4 is 17.5 Å². The highest BCUT2D eigenvalue weighted by molar-refractivity contribution is 6.30. The van der Waals surface area contributed by atoms with Crippen LogP contribution in [0.25, 0.3) is 0 Å². The normalized spacial score (nSPS) is 14.0. The Morgan fingerprint density at radius 2 is 1.89 bits per heavy atom. The molecular formula is C14H21ClN2O. The van der Waals surface area contributed by atoms with Crippen molar-refractivity contribution in [3.05, 3.63) is 34.9 Å². The van der Waals surface area contributed by atoms with Gasteiger partial charge in [-0.2, -0.15) is 0 Å². The molecule has 18 heavy (non-hydrogen) atoms. The monoisotopic (exact) mass is 268 g/mol. The number of amides is 1. The van der Waals surface area contributed by atoms with Gasteiger partial charge in [-0.1, -0.05) is 30.7 Å². The summed E-state index contributed by atoms with van der Waals surface area (Å²) < 4.78 is 0. The standard InChI is InChI=1S/C14H21ClN2O/c1-4-10(2)17-14(18)9-16-11(3)12-5-7-13(15)8-6-12/h5-8,10-11,16H,4,9H2,1-3H3,(H,17,18)/t10?,11-/m1/s1. The summed E-state index contributed by atoms with van der Waals surface area (Å²) in [7, 11) is 0. The molecule has 0 bridgehead atoms. The molecule has 4 heteroatoms. The molecule has 0 saturated heterocycles. The number of carbonyl (C=O) groups excluding carboxylic acids is 1. The second-order valence-electron chi connectivity index (χ2n) is 4.53. The summed E-state index contributed by atoms with van der Waals surface area (Å²) in [6.07, 6.45) is 0.943. The molecule has 0 saturated carbocycles. The van der Waals surface area contributed by atoms with Crippen LogP contribution in [0.15, 0.2) is 24.3 Å². The van der Waals surface area contributed by atoms with Crippen LogP contribution in [-0.2, 0) is 4.79 Å². The highest BCUT2D eigenvalue weighted by Gasteiger charge is 2.09. The first-order valence-electron chi connectivity index (χ1n) is 6.31. The van der Waals surface area contributed by atoms with Gasteiger partial charge in [0.15, 0.2) is 0 Å². The summed E-state index contributed by atoms with van der Waals surface area (Å²) in [4.78, 5) is 11.6. The number of benzene rings is 1. The Bertz CT molecular complexity index is 378. The van der Waals surface area contributed by atoms with Gasteiger partial charge >= 0.3 is 0 Å². The summed E-state index contributed by atoms with van der Waals surface area (Å²) in [5, 5.41) is 6.84. The molecule has 1 aromatic rings. The molecule has 0 heterocycles. The Morgan fingerprint density at radius 1 is 1.28 bits per heavy atom. The average Bonchev–Trinajstić information content (AvgIpc) is 2.36. The van der Waals surface area contributed by atoms with Crippen molar-refractivity contribution in [2.45, 2.75) is 39.3 Å². The van der Waals surface area contributed by atoms with E-state index in [2.05, 4.69) is 17.6 Å². The molecule has 0 aliphatic carbocycles. The molecule has 0 radical (unpaired) electrons. The van der Waals surface area contributed by atoms with Gasteiger partial charge in [-0.15, -0.1) is 0 Å². The third-order valence-corrected chi connectivity index (χ3v) is 3.21. The van der Waals surface area contributed by atoms with Gasteiger partial charge in [0.1, 0.15) is 0 Å². The van der Waals surface area contributed by atoms with Gasteiger partial charge in [0.05, 0.1) is 6.54 Å². The van der Waals surface area contributed by atoms with Crippen LogP contribution in [0.5, 0.6) is 0 Å². The van der Waals surface area contributed by atoms with Crippen LogP contribution >= 0.6 is 11.6 Å². The highest BCUT2D eigenvalue weighted by atomic mass is 35.5. The minimum atomic E-state index is 0.0326. The molecule has 0 fully saturated rings. The lowest BCUT2D eigenvalue weighted by molar-refractivity contribution is -0.120. The molecular weight excluding hydrogens is 248 g/mol. The van der Waals surface area contributed by atoms with Gasteiger partial charge in [0, 0.05) is 17.1 Å². The quantitative estimate of drug-likeness (QED) is 0.833. The Balaban J connectivity index is 2.39. The van der Waals surface area contributed by atoms with Gasteiger partial charge in [0.2, 0.25) is 5.91 Å². The van der Waals surface area contributed by atoms with E-state index in [0.717, 1.165) is 17.0 Å². The zero-order chi connectivity index (χ0) is 13.5. The van der Waals surface area contributed by atoms with Crippen LogP contribution in [0.4, 0.5) is 0 Å². The number of hydrogen-bond acceptors (Lipinski definition) is 2. The lowest BCUT2D eigenvalue weighted by Crippen LogP contribution is -2.39. The van der Waals surface area contributed by atoms with Gasteiger partial charge in [0.25, 0.3) is 0 Å². The minimum Gasteiger partial charge on any atom is -0.353 e. The second kappa shape index (κ2) is 7.39. The lowest BCUT2D eigenvalue weighted by atomic mass is 10.1. The SMILES string of the molecule is CCC(C)NC(=O)CN[C@H](C)c1ccc(Cl)cc1. The second-order valence-corrected chi connectivity index (χ2v) is 4.97. The van der Waals surface area contributed by atoms with E-state index in [1.807, 2.05) is 38.1 Å². The summed E-state index contributed by atoms with van der Waals surface area (Å²) in [5.41, 5.74) is 1.12. The van der Waals surface area contributed by atoms with Crippen molar-refractivity contribution in [1.29, 1.82) is 0 Å². The fraction of sp³-hybridized carbons (Fsp3) is 0.500. The van der Waals surface area contributed by atoms with Crippen molar-refractivity contribution < 1.29 is 4.79 Å². The first kappa shape index (κ1) is 15.0. The van der Waals surface area contributed by atoms with Crippen molar-refractivity contribution in [1.82, 2.24) is 10.6 Å². The number of carbonyl (C=O) groups is 1. The molecule has 1 unspecified atom stereocenters. The molecule has 0 aliphatic heterocycles. The molecule has 0 aliphatic rings. The predicted octanol–water partition coefficient (Wildman–Crippen LogP) is 2.91. The third kappa shape index (κ3) is 5.07. The highest BCUT2D eigenvalue weighted by Crippen LogP contribution is 2.15. The third-order valence-electron chi connectivity index (χ3n) is 2.96. The smallest absolute Gasteiger partial charge is 0.234 e. The minimum absolute atomic E-state index is 0.0326. The van der Waals surface area contributed by atoms with E-state index in [1.165, 1.54) is 0 Å². The summed E-state index contributed by atoms with van der Waals surface area (Å²) in [6.45, 7) is 6.41. The predicted molar refractivity (Wildman–Crippen MR) is 75.8 cm³/mol. The number of hydrogen-bond donors (Lipinski definition) is 2. The van der Waals surface area contributed by atoms with Gasteiger partial charge in [-0.05, 0) is 38.0 Å². The van der Waals surface area contributed by atoms with E-state index in [4.69, 9.17) is 11.6 Å². The fourth-order valence-corrected chi connectivity index (χ4v) is 1.67. The number of rotatable bonds is 6.